The van der Waals surface area contributed by atoms with Gasteiger partial charge < -0.3 is 10.6 Å². The van der Waals surface area contributed by atoms with Crippen molar-refractivity contribution in [3.63, 3.8) is 0 Å². The van der Waals surface area contributed by atoms with Crippen LogP contribution in [0.3, 0.4) is 0 Å². The third kappa shape index (κ3) is 3.25. The molecule has 0 aliphatic heterocycles. The molecule has 0 heterocycles. The summed E-state index contributed by atoms with van der Waals surface area (Å²) in [7, 11) is 1.63. The van der Waals surface area contributed by atoms with Crippen molar-refractivity contribution >= 4 is 6.03 Å². The number of rotatable bonds is 3. The number of hydrogen-bond acceptors (Lipinski definition) is 1. The average molecular weight is 158 g/mol. The summed E-state index contributed by atoms with van der Waals surface area (Å²) in [6, 6.07) is -0.101. The highest BCUT2D eigenvalue weighted by atomic mass is 16.2. The van der Waals surface area contributed by atoms with E-state index in [1.54, 1.807) is 7.05 Å². The Bertz CT molecular complexity index is 130. The molecule has 0 saturated carbocycles. The SMILES string of the molecule is CCC(C)(CC)NC(=O)NC. The van der Waals surface area contributed by atoms with Gasteiger partial charge >= 0.3 is 6.03 Å². The second-order valence-corrected chi connectivity index (χ2v) is 2.97. The van der Waals surface area contributed by atoms with Crippen LogP contribution < -0.4 is 10.6 Å². The van der Waals surface area contributed by atoms with E-state index < -0.39 is 0 Å². The molecule has 0 fully saturated rings. The zero-order valence-corrected chi connectivity index (χ0v) is 7.82. The molecule has 0 bridgehead atoms. The number of amides is 2. The van der Waals surface area contributed by atoms with Crippen molar-refractivity contribution in [1.82, 2.24) is 10.6 Å². The second-order valence-electron chi connectivity index (χ2n) is 2.97. The van der Waals surface area contributed by atoms with Crippen LogP contribution in [0.2, 0.25) is 0 Å². The van der Waals surface area contributed by atoms with E-state index >= 15 is 0 Å². The molecule has 0 rings (SSSR count). The Morgan fingerprint density at radius 3 is 2.09 bits per heavy atom. The summed E-state index contributed by atoms with van der Waals surface area (Å²) in [5.41, 5.74) is -0.0555. The summed E-state index contributed by atoms with van der Waals surface area (Å²) in [5.74, 6) is 0. The molecule has 0 atom stereocenters. The smallest absolute Gasteiger partial charge is 0.314 e. The first-order chi connectivity index (χ1) is 5.08. The molecule has 0 unspecified atom stereocenters. The molecular formula is C8H18N2O. The fraction of sp³-hybridized carbons (Fsp3) is 0.875. The second kappa shape index (κ2) is 4.21. The van der Waals surface area contributed by atoms with Crippen LogP contribution in [0.5, 0.6) is 0 Å². The van der Waals surface area contributed by atoms with Gasteiger partial charge in [-0.15, -0.1) is 0 Å². The lowest BCUT2D eigenvalue weighted by Gasteiger charge is -2.27. The van der Waals surface area contributed by atoms with Crippen molar-refractivity contribution in [2.24, 2.45) is 0 Å². The predicted molar refractivity (Wildman–Crippen MR) is 46.6 cm³/mol. The Morgan fingerprint density at radius 2 is 1.82 bits per heavy atom. The highest BCUT2D eigenvalue weighted by molar-refractivity contribution is 5.74. The largest absolute Gasteiger partial charge is 0.341 e. The van der Waals surface area contributed by atoms with Crippen molar-refractivity contribution < 1.29 is 4.79 Å². The first-order valence-corrected chi connectivity index (χ1v) is 4.08. The van der Waals surface area contributed by atoms with E-state index in [9.17, 15) is 4.79 Å². The van der Waals surface area contributed by atoms with E-state index in [1.807, 2.05) is 6.92 Å². The Labute approximate surface area is 68.6 Å². The van der Waals surface area contributed by atoms with Crippen molar-refractivity contribution in [3.8, 4) is 0 Å². The van der Waals surface area contributed by atoms with E-state index in [2.05, 4.69) is 24.5 Å². The zero-order chi connectivity index (χ0) is 8.91. The fourth-order valence-electron chi connectivity index (χ4n) is 0.763. The molecule has 3 heteroatoms. The van der Waals surface area contributed by atoms with E-state index in [0.717, 1.165) is 12.8 Å². The number of urea groups is 1. The van der Waals surface area contributed by atoms with Gasteiger partial charge in [-0.3, -0.25) is 0 Å². The molecule has 0 aromatic rings. The Hall–Kier alpha value is -0.730. The van der Waals surface area contributed by atoms with Crippen molar-refractivity contribution in [2.45, 2.75) is 39.2 Å². The van der Waals surface area contributed by atoms with Crippen LogP contribution in [0.4, 0.5) is 4.79 Å². The zero-order valence-electron chi connectivity index (χ0n) is 7.82. The molecule has 0 aliphatic carbocycles. The van der Waals surface area contributed by atoms with Gasteiger partial charge in [0.25, 0.3) is 0 Å². The average Bonchev–Trinajstić information content (AvgIpc) is 2.04. The monoisotopic (exact) mass is 158 g/mol. The summed E-state index contributed by atoms with van der Waals surface area (Å²) in [4.78, 5) is 10.9. The molecule has 2 N–H and O–H groups in total. The minimum absolute atomic E-state index is 0.0555. The maximum atomic E-state index is 10.9. The maximum Gasteiger partial charge on any atom is 0.314 e. The molecule has 0 aliphatic rings. The Kier molecular flexibility index (Phi) is 3.93. The highest BCUT2D eigenvalue weighted by Gasteiger charge is 2.20. The van der Waals surface area contributed by atoms with Crippen LogP contribution in [0.1, 0.15) is 33.6 Å². The van der Waals surface area contributed by atoms with Gasteiger partial charge in [0.15, 0.2) is 0 Å². The number of hydrogen-bond donors (Lipinski definition) is 2. The molecule has 0 aromatic heterocycles. The van der Waals surface area contributed by atoms with E-state index in [-0.39, 0.29) is 11.6 Å². The third-order valence-corrected chi connectivity index (χ3v) is 2.20. The molecular weight excluding hydrogens is 140 g/mol. The summed E-state index contributed by atoms with van der Waals surface area (Å²) >= 11 is 0. The predicted octanol–water partition coefficient (Wildman–Crippen LogP) is 1.49. The number of nitrogens with one attached hydrogen (secondary N) is 2. The topological polar surface area (TPSA) is 41.1 Å². The lowest BCUT2D eigenvalue weighted by Crippen LogP contribution is -2.48. The first-order valence-electron chi connectivity index (χ1n) is 4.08. The minimum atomic E-state index is -0.101. The van der Waals surface area contributed by atoms with Crippen LogP contribution in [-0.4, -0.2) is 18.6 Å². The summed E-state index contributed by atoms with van der Waals surface area (Å²) < 4.78 is 0. The quantitative estimate of drug-likeness (QED) is 0.642. The van der Waals surface area contributed by atoms with Gasteiger partial charge in [0.1, 0.15) is 0 Å². The molecule has 0 spiro atoms. The summed E-state index contributed by atoms with van der Waals surface area (Å²) in [6.07, 6.45) is 1.91. The molecule has 0 saturated heterocycles. The standard InChI is InChI=1S/C8H18N2O/c1-5-8(3,6-2)10-7(11)9-4/h5-6H2,1-4H3,(H2,9,10,11). The van der Waals surface area contributed by atoms with Crippen LogP contribution in [0.15, 0.2) is 0 Å². The third-order valence-electron chi connectivity index (χ3n) is 2.20. The lowest BCUT2D eigenvalue weighted by molar-refractivity contribution is 0.226. The fourth-order valence-corrected chi connectivity index (χ4v) is 0.763. The van der Waals surface area contributed by atoms with Crippen LogP contribution in [0, 0.1) is 0 Å². The minimum Gasteiger partial charge on any atom is -0.341 e. The molecule has 0 aromatic carbocycles. The van der Waals surface area contributed by atoms with Gasteiger partial charge in [-0.2, -0.15) is 0 Å². The van der Waals surface area contributed by atoms with Crippen LogP contribution in [0.25, 0.3) is 0 Å². The van der Waals surface area contributed by atoms with Gasteiger partial charge in [-0.25, -0.2) is 4.79 Å². The van der Waals surface area contributed by atoms with Gasteiger partial charge in [-0.05, 0) is 19.8 Å². The molecule has 2 amide bonds. The van der Waals surface area contributed by atoms with E-state index in [1.165, 1.54) is 0 Å². The van der Waals surface area contributed by atoms with Gasteiger partial charge in [0.2, 0.25) is 0 Å². The maximum absolute atomic E-state index is 10.9. The van der Waals surface area contributed by atoms with Crippen molar-refractivity contribution in [2.75, 3.05) is 7.05 Å². The molecule has 66 valence electrons. The normalized spacial score (nSPS) is 10.9. The number of carbonyl (C=O) groups is 1. The van der Waals surface area contributed by atoms with Crippen LogP contribution in [-0.2, 0) is 0 Å². The van der Waals surface area contributed by atoms with Crippen LogP contribution >= 0.6 is 0 Å². The van der Waals surface area contributed by atoms with Crippen molar-refractivity contribution in [3.05, 3.63) is 0 Å². The summed E-state index contributed by atoms with van der Waals surface area (Å²) in [6.45, 7) is 6.18. The highest BCUT2D eigenvalue weighted by Crippen LogP contribution is 2.12. The van der Waals surface area contributed by atoms with Crippen molar-refractivity contribution in [1.29, 1.82) is 0 Å². The first kappa shape index (κ1) is 10.3. The lowest BCUT2D eigenvalue weighted by atomic mass is 9.96. The molecule has 11 heavy (non-hydrogen) atoms. The van der Waals surface area contributed by atoms with Gasteiger partial charge in [0.05, 0.1) is 0 Å². The molecule has 3 nitrogen and oxygen atoms in total. The van der Waals surface area contributed by atoms with E-state index in [0.29, 0.717) is 0 Å². The van der Waals surface area contributed by atoms with E-state index in [4.69, 9.17) is 0 Å². The summed E-state index contributed by atoms with van der Waals surface area (Å²) in [5, 5.41) is 5.43. The van der Waals surface area contributed by atoms with Gasteiger partial charge in [0, 0.05) is 12.6 Å². The van der Waals surface area contributed by atoms with Gasteiger partial charge in [-0.1, -0.05) is 13.8 Å². The molecule has 0 radical (unpaired) electrons. The number of carbonyl (C=O) groups excluding carboxylic acids is 1. The Balaban J connectivity index is 3.96. The Morgan fingerprint density at radius 1 is 1.36 bits per heavy atom.